The van der Waals surface area contributed by atoms with Gasteiger partial charge < -0.3 is 9.64 Å². The van der Waals surface area contributed by atoms with E-state index in [9.17, 15) is 4.79 Å². The third-order valence-electron chi connectivity index (χ3n) is 3.64. The first-order valence-electron chi connectivity index (χ1n) is 6.67. The van der Waals surface area contributed by atoms with Crippen LogP contribution in [0.4, 0.5) is 0 Å². The van der Waals surface area contributed by atoms with Crippen LogP contribution in [0, 0.1) is 0 Å². The SMILES string of the molecule is CCOC(=O)C1(NC(C)CC)CCN(C)CC1. The molecule has 0 amide bonds. The van der Waals surface area contributed by atoms with E-state index in [1.54, 1.807) is 0 Å². The third kappa shape index (κ3) is 3.68. The molecule has 4 nitrogen and oxygen atoms in total. The van der Waals surface area contributed by atoms with Crippen molar-refractivity contribution < 1.29 is 9.53 Å². The highest BCUT2D eigenvalue weighted by molar-refractivity contribution is 5.81. The number of carbonyl (C=O) groups is 1. The number of carbonyl (C=O) groups excluding carboxylic acids is 1. The van der Waals surface area contributed by atoms with Crippen molar-refractivity contribution in [3.05, 3.63) is 0 Å². The van der Waals surface area contributed by atoms with Gasteiger partial charge in [0.25, 0.3) is 0 Å². The van der Waals surface area contributed by atoms with Crippen molar-refractivity contribution >= 4 is 5.97 Å². The zero-order chi connectivity index (χ0) is 12.9. The van der Waals surface area contributed by atoms with E-state index in [2.05, 4.69) is 31.1 Å². The Bertz CT molecular complexity index is 248. The first-order chi connectivity index (χ1) is 8.04. The molecule has 1 heterocycles. The minimum Gasteiger partial charge on any atom is -0.465 e. The van der Waals surface area contributed by atoms with Gasteiger partial charge in [-0.25, -0.2) is 0 Å². The van der Waals surface area contributed by atoms with E-state index in [1.165, 1.54) is 0 Å². The Morgan fingerprint density at radius 2 is 2.00 bits per heavy atom. The summed E-state index contributed by atoms with van der Waals surface area (Å²) in [5.41, 5.74) is -0.460. The number of piperidine rings is 1. The smallest absolute Gasteiger partial charge is 0.326 e. The van der Waals surface area contributed by atoms with Crippen molar-refractivity contribution in [2.75, 3.05) is 26.7 Å². The molecular weight excluding hydrogens is 216 g/mol. The fourth-order valence-corrected chi connectivity index (χ4v) is 2.25. The quantitative estimate of drug-likeness (QED) is 0.740. The lowest BCUT2D eigenvalue weighted by Crippen LogP contribution is -2.60. The number of esters is 1. The first-order valence-corrected chi connectivity index (χ1v) is 6.67. The molecule has 1 fully saturated rings. The van der Waals surface area contributed by atoms with Gasteiger partial charge in [-0.3, -0.25) is 10.1 Å². The lowest BCUT2D eigenvalue weighted by molar-refractivity contribution is -0.153. The summed E-state index contributed by atoms with van der Waals surface area (Å²) in [5, 5.41) is 3.49. The highest BCUT2D eigenvalue weighted by Gasteiger charge is 2.42. The monoisotopic (exact) mass is 242 g/mol. The number of ether oxygens (including phenoxy) is 1. The molecular formula is C13H26N2O2. The minimum absolute atomic E-state index is 0.0756. The van der Waals surface area contributed by atoms with Crippen LogP contribution in [0.3, 0.4) is 0 Å². The van der Waals surface area contributed by atoms with Crippen LogP contribution in [0.25, 0.3) is 0 Å². The molecule has 0 bridgehead atoms. The first kappa shape index (κ1) is 14.5. The summed E-state index contributed by atoms with van der Waals surface area (Å²) in [6.45, 7) is 8.47. The standard InChI is InChI=1S/C13H26N2O2/c1-5-11(3)14-13(12(16)17-6-2)7-9-15(4)10-8-13/h11,14H,5-10H2,1-4H3. The average Bonchev–Trinajstić information content (AvgIpc) is 2.32. The maximum Gasteiger partial charge on any atom is 0.326 e. The fraction of sp³-hybridized carbons (Fsp3) is 0.923. The molecule has 1 unspecified atom stereocenters. The van der Waals surface area contributed by atoms with Crippen molar-refractivity contribution in [1.29, 1.82) is 0 Å². The molecule has 17 heavy (non-hydrogen) atoms. The Morgan fingerprint density at radius 3 is 2.47 bits per heavy atom. The number of rotatable bonds is 5. The maximum absolute atomic E-state index is 12.2. The molecule has 1 saturated heterocycles. The molecule has 0 aromatic heterocycles. The number of nitrogens with zero attached hydrogens (tertiary/aromatic N) is 1. The van der Waals surface area contributed by atoms with E-state index >= 15 is 0 Å². The van der Waals surface area contributed by atoms with Gasteiger partial charge in [-0.05, 0) is 40.2 Å². The predicted molar refractivity (Wildman–Crippen MR) is 69.0 cm³/mol. The zero-order valence-corrected chi connectivity index (χ0v) is 11.6. The van der Waals surface area contributed by atoms with E-state index in [4.69, 9.17) is 4.74 Å². The van der Waals surface area contributed by atoms with Crippen LogP contribution < -0.4 is 5.32 Å². The van der Waals surface area contributed by atoms with Crippen molar-refractivity contribution in [2.24, 2.45) is 0 Å². The minimum atomic E-state index is -0.460. The van der Waals surface area contributed by atoms with Gasteiger partial charge in [-0.15, -0.1) is 0 Å². The van der Waals surface area contributed by atoms with Crippen LogP contribution in [-0.4, -0.2) is 49.2 Å². The van der Waals surface area contributed by atoms with Crippen LogP contribution >= 0.6 is 0 Å². The number of hydrogen-bond donors (Lipinski definition) is 1. The summed E-state index contributed by atoms with van der Waals surface area (Å²) >= 11 is 0. The molecule has 0 radical (unpaired) electrons. The Morgan fingerprint density at radius 1 is 1.41 bits per heavy atom. The summed E-state index contributed by atoms with van der Waals surface area (Å²) in [7, 11) is 2.10. The van der Waals surface area contributed by atoms with Gasteiger partial charge >= 0.3 is 5.97 Å². The Balaban J connectivity index is 2.73. The molecule has 4 heteroatoms. The largest absolute Gasteiger partial charge is 0.465 e. The predicted octanol–water partition coefficient (Wildman–Crippen LogP) is 1.40. The molecule has 0 saturated carbocycles. The second kappa shape index (κ2) is 6.36. The number of hydrogen-bond acceptors (Lipinski definition) is 4. The molecule has 1 rings (SSSR count). The van der Waals surface area contributed by atoms with E-state index in [-0.39, 0.29) is 5.97 Å². The van der Waals surface area contributed by atoms with E-state index in [1.807, 2.05) is 6.92 Å². The molecule has 1 aliphatic rings. The molecule has 0 spiro atoms. The average molecular weight is 242 g/mol. The Kier molecular flexibility index (Phi) is 5.40. The van der Waals surface area contributed by atoms with Gasteiger partial charge in [-0.1, -0.05) is 6.92 Å². The van der Waals surface area contributed by atoms with E-state index < -0.39 is 5.54 Å². The van der Waals surface area contributed by atoms with E-state index in [0.717, 1.165) is 32.4 Å². The van der Waals surface area contributed by atoms with Crippen LogP contribution in [0.5, 0.6) is 0 Å². The van der Waals surface area contributed by atoms with Crippen molar-refractivity contribution in [3.63, 3.8) is 0 Å². The zero-order valence-electron chi connectivity index (χ0n) is 11.6. The fourth-order valence-electron chi connectivity index (χ4n) is 2.25. The maximum atomic E-state index is 12.2. The van der Waals surface area contributed by atoms with Crippen LogP contribution in [0.1, 0.15) is 40.0 Å². The second-order valence-electron chi connectivity index (χ2n) is 5.06. The normalized spacial score (nSPS) is 22.1. The molecule has 1 atom stereocenters. The van der Waals surface area contributed by atoms with Gasteiger partial charge in [-0.2, -0.15) is 0 Å². The van der Waals surface area contributed by atoms with Crippen molar-refractivity contribution in [1.82, 2.24) is 10.2 Å². The van der Waals surface area contributed by atoms with Gasteiger partial charge in [0.15, 0.2) is 0 Å². The van der Waals surface area contributed by atoms with Gasteiger partial charge in [0.05, 0.1) is 6.61 Å². The molecule has 1 aliphatic heterocycles. The summed E-state index contributed by atoms with van der Waals surface area (Å²) in [6, 6.07) is 0.350. The lowest BCUT2D eigenvalue weighted by Gasteiger charge is -2.40. The molecule has 0 aliphatic carbocycles. The van der Waals surface area contributed by atoms with Crippen molar-refractivity contribution in [3.8, 4) is 0 Å². The second-order valence-corrected chi connectivity index (χ2v) is 5.06. The summed E-state index contributed by atoms with van der Waals surface area (Å²) < 4.78 is 5.25. The van der Waals surface area contributed by atoms with Gasteiger partial charge in [0, 0.05) is 19.1 Å². The number of likely N-dealkylation sites (tertiary alicyclic amines) is 1. The molecule has 0 aromatic rings. The summed E-state index contributed by atoms with van der Waals surface area (Å²) in [4.78, 5) is 14.4. The van der Waals surface area contributed by atoms with Crippen LogP contribution in [0.2, 0.25) is 0 Å². The molecule has 100 valence electrons. The molecule has 1 N–H and O–H groups in total. The number of nitrogens with one attached hydrogen (secondary N) is 1. The highest BCUT2D eigenvalue weighted by Crippen LogP contribution is 2.24. The summed E-state index contributed by atoms with van der Waals surface area (Å²) in [6.07, 6.45) is 2.70. The van der Waals surface area contributed by atoms with Crippen molar-refractivity contribution in [2.45, 2.75) is 51.6 Å². The third-order valence-corrected chi connectivity index (χ3v) is 3.64. The Hall–Kier alpha value is -0.610. The van der Waals surface area contributed by atoms with Crippen LogP contribution in [-0.2, 0) is 9.53 Å². The topological polar surface area (TPSA) is 41.6 Å². The Labute approximate surface area is 105 Å². The highest BCUT2D eigenvalue weighted by atomic mass is 16.5. The van der Waals surface area contributed by atoms with Crippen LogP contribution in [0.15, 0.2) is 0 Å². The lowest BCUT2D eigenvalue weighted by atomic mass is 9.86. The van der Waals surface area contributed by atoms with Gasteiger partial charge in [0.2, 0.25) is 0 Å². The van der Waals surface area contributed by atoms with E-state index in [0.29, 0.717) is 12.6 Å². The summed E-state index contributed by atoms with van der Waals surface area (Å²) in [5.74, 6) is -0.0756. The molecule has 0 aromatic carbocycles. The van der Waals surface area contributed by atoms with Gasteiger partial charge in [0.1, 0.15) is 5.54 Å².